The summed E-state index contributed by atoms with van der Waals surface area (Å²) in [7, 11) is 0. The van der Waals surface area contributed by atoms with Crippen molar-refractivity contribution in [1.82, 2.24) is 10.2 Å². The third kappa shape index (κ3) is 5.39. The van der Waals surface area contributed by atoms with Crippen molar-refractivity contribution in [3.8, 4) is 17.2 Å². The van der Waals surface area contributed by atoms with Crippen molar-refractivity contribution in [1.29, 1.82) is 0 Å². The molecule has 188 valence electrons. The summed E-state index contributed by atoms with van der Waals surface area (Å²) in [6.07, 6.45) is 0. The normalized spacial score (nSPS) is 16.0. The number of nitrogens with zero attached hydrogens (tertiary/aromatic N) is 2. The fraction of sp³-hybridized carbons (Fsp3) is 0.321. The van der Waals surface area contributed by atoms with Gasteiger partial charge >= 0.3 is 0 Å². The SMILES string of the molecule is CCOc1ccc(C(=O)NC[C@@H](c2ccc3c(c2)OCO3)N2CCN(c3ccc(F)cc3)CC2)cc1. The number of benzene rings is 3. The number of hydrogen-bond acceptors (Lipinski definition) is 6. The van der Waals surface area contributed by atoms with E-state index >= 15 is 0 Å². The van der Waals surface area contributed by atoms with E-state index in [1.807, 2.05) is 49.4 Å². The van der Waals surface area contributed by atoms with Crippen LogP contribution in [0.5, 0.6) is 17.2 Å². The van der Waals surface area contributed by atoms with Gasteiger partial charge in [-0.25, -0.2) is 4.39 Å². The van der Waals surface area contributed by atoms with Crippen LogP contribution >= 0.6 is 0 Å². The summed E-state index contributed by atoms with van der Waals surface area (Å²) >= 11 is 0. The first-order valence-electron chi connectivity index (χ1n) is 12.3. The molecule has 8 heteroatoms. The molecule has 1 N–H and O–H groups in total. The molecule has 0 aromatic heterocycles. The molecule has 0 spiro atoms. The highest BCUT2D eigenvalue weighted by Crippen LogP contribution is 2.36. The average molecular weight is 492 g/mol. The standard InChI is InChI=1S/C28H30FN3O4/c1-2-34-24-10-3-20(4-11-24)28(33)30-18-25(21-5-12-26-27(17-21)36-19-35-26)32-15-13-31(14-16-32)23-8-6-22(29)7-9-23/h3-12,17,25H,2,13-16,18-19H2,1H3,(H,30,33)/t25-/m0/s1. The van der Waals surface area contributed by atoms with E-state index in [9.17, 15) is 9.18 Å². The zero-order chi connectivity index (χ0) is 24.9. The topological polar surface area (TPSA) is 63.3 Å². The second-order valence-electron chi connectivity index (χ2n) is 8.80. The highest BCUT2D eigenvalue weighted by molar-refractivity contribution is 5.94. The second kappa shape index (κ2) is 10.9. The van der Waals surface area contributed by atoms with E-state index in [-0.39, 0.29) is 24.6 Å². The number of anilines is 1. The molecule has 0 radical (unpaired) electrons. The fourth-order valence-corrected chi connectivity index (χ4v) is 4.68. The lowest BCUT2D eigenvalue weighted by Crippen LogP contribution is -2.50. The van der Waals surface area contributed by atoms with E-state index in [0.29, 0.717) is 18.7 Å². The highest BCUT2D eigenvalue weighted by Gasteiger charge is 2.27. The maximum Gasteiger partial charge on any atom is 0.251 e. The fourth-order valence-electron chi connectivity index (χ4n) is 4.68. The van der Waals surface area contributed by atoms with Gasteiger partial charge in [0, 0.05) is 44.0 Å². The average Bonchev–Trinajstić information content (AvgIpc) is 3.38. The summed E-state index contributed by atoms with van der Waals surface area (Å²) in [6.45, 7) is 6.38. The Morgan fingerprint density at radius 3 is 2.42 bits per heavy atom. The van der Waals surface area contributed by atoms with Crippen LogP contribution in [0.4, 0.5) is 10.1 Å². The van der Waals surface area contributed by atoms with Crippen molar-refractivity contribution in [2.45, 2.75) is 13.0 Å². The van der Waals surface area contributed by atoms with Crippen molar-refractivity contribution in [3.05, 3.63) is 83.7 Å². The van der Waals surface area contributed by atoms with E-state index in [2.05, 4.69) is 15.1 Å². The first-order valence-corrected chi connectivity index (χ1v) is 12.3. The van der Waals surface area contributed by atoms with Crippen molar-refractivity contribution in [3.63, 3.8) is 0 Å². The van der Waals surface area contributed by atoms with Gasteiger partial charge in [0.2, 0.25) is 6.79 Å². The van der Waals surface area contributed by atoms with E-state index in [4.69, 9.17) is 14.2 Å². The number of ether oxygens (including phenoxy) is 3. The predicted octanol–water partition coefficient (Wildman–Crippen LogP) is 4.25. The highest BCUT2D eigenvalue weighted by atomic mass is 19.1. The maximum absolute atomic E-state index is 13.3. The van der Waals surface area contributed by atoms with Crippen LogP contribution in [0.1, 0.15) is 28.9 Å². The quantitative estimate of drug-likeness (QED) is 0.509. The minimum atomic E-state index is -0.233. The molecule has 0 bridgehead atoms. The zero-order valence-corrected chi connectivity index (χ0v) is 20.3. The number of halogens is 1. The Bertz CT molecular complexity index is 1180. The molecule has 0 aliphatic carbocycles. The molecule has 0 saturated carbocycles. The summed E-state index contributed by atoms with van der Waals surface area (Å²) in [4.78, 5) is 17.6. The molecule has 36 heavy (non-hydrogen) atoms. The first kappa shape index (κ1) is 23.9. The number of rotatable bonds is 8. The van der Waals surface area contributed by atoms with Gasteiger partial charge in [0.25, 0.3) is 5.91 Å². The van der Waals surface area contributed by atoms with Crippen LogP contribution in [0.15, 0.2) is 66.7 Å². The van der Waals surface area contributed by atoms with Crippen molar-refractivity contribution in [2.24, 2.45) is 0 Å². The van der Waals surface area contributed by atoms with Crippen molar-refractivity contribution < 1.29 is 23.4 Å². The zero-order valence-electron chi connectivity index (χ0n) is 20.3. The number of amides is 1. The molecule has 2 heterocycles. The summed E-state index contributed by atoms with van der Waals surface area (Å²) in [6, 6.07) is 19.7. The van der Waals surface area contributed by atoms with Crippen LogP contribution < -0.4 is 24.4 Å². The van der Waals surface area contributed by atoms with E-state index in [1.54, 1.807) is 12.1 Å². The van der Waals surface area contributed by atoms with Crippen LogP contribution in [0, 0.1) is 5.82 Å². The van der Waals surface area contributed by atoms with Crippen molar-refractivity contribution >= 4 is 11.6 Å². The molecule has 3 aromatic carbocycles. The molecule has 7 nitrogen and oxygen atoms in total. The number of hydrogen-bond donors (Lipinski definition) is 1. The first-order chi connectivity index (χ1) is 17.6. The molecular formula is C28H30FN3O4. The van der Waals surface area contributed by atoms with Gasteiger partial charge < -0.3 is 24.4 Å². The Hall–Kier alpha value is -3.78. The Kier molecular flexibility index (Phi) is 7.23. The third-order valence-electron chi connectivity index (χ3n) is 6.61. The van der Waals surface area contributed by atoms with Gasteiger partial charge in [-0.05, 0) is 73.2 Å². The molecule has 1 saturated heterocycles. The largest absolute Gasteiger partial charge is 0.494 e. The van der Waals surface area contributed by atoms with Gasteiger partial charge in [0.15, 0.2) is 11.5 Å². The van der Waals surface area contributed by atoms with Crippen LogP contribution in [0.3, 0.4) is 0 Å². The van der Waals surface area contributed by atoms with E-state index < -0.39 is 0 Å². The number of nitrogens with one attached hydrogen (secondary N) is 1. The Labute approximate surface area is 210 Å². The molecule has 3 aromatic rings. The summed E-state index contributed by atoms with van der Waals surface area (Å²) in [5.74, 6) is 1.83. The summed E-state index contributed by atoms with van der Waals surface area (Å²) in [5.41, 5.74) is 2.66. The summed E-state index contributed by atoms with van der Waals surface area (Å²) < 4.78 is 29.9. The van der Waals surface area contributed by atoms with Crippen LogP contribution in [-0.2, 0) is 0 Å². The lowest BCUT2D eigenvalue weighted by atomic mass is 10.0. The maximum atomic E-state index is 13.3. The molecule has 2 aliphatic rings. The molecule has 1 atom stereocenters. The molecule has 1 fully saturated rings. The lowest BCUT2D eigenvalue weighted by molar-refractivity contribution is 0.0930. The van der Waals surface area contributed by atoms with Gasteiger partial charge in [-0.3, -0.25) is 9.69 Å². The van der Waals surface area contributed by atoms with E-state index in [0.717, 1.165) is 54.7 Å². The van der Waals surface area contributed by atoms with Crippen molar-refractivity contribution in [2.75, 3.05) is 51.0 Å². The van der Waals surface area contributed by atoms with Gasteiger partial charge in [-0.2, -0.15) is 0 Å². The molecule has 1 amide bonds. The molecule has 5 rings (SSSR count). The Morgan fingerprint density at radius 2 is 1.69 bits per heavy atom. The number of carbonyl (C=O) groups excluding carboxylic acids is 1. The van der Waals surface area contributed by atoms with Crippen LogP contribution in [-0.4, -0.2) is 56.9 Å². The van der Waals surface area contributed by atoms with Gasteiger partial charge in [-0.1, -0.05) is 6.07 Å². The summed E-state index contributed by atoms with van der Waals surface area (Å²) in [5, 5.41) is 3.11. The Balaban J connectivity index is 1.29. The predicted molar refractivity (Wildman–Crippen MR) is 135 cm³/mol. The molecule has 2 aliphatic heterocycles. The lowest BCUT2D eigenvalue weighted by Gasteiger charge is -2.40. The van der Waals surface area contributed by atoms with E-state index in [1.165, 1.54) is 12.1 Å². The Morgan fingerprint density at radius 1 is 0.972 bits per heavy atom. The monoisotopic (exact) mass is 491 g/mol. The number of piperazine rings is 1. The molecule has 0 unspecified atom stereocenters. The minimum absolute atomic E-state index is 0.0403. The minimum Gasteiger partial charge on any atom is -0.494 e. The van der Waals surface area contributed by atoms with Gasteiger partial charge in [0.1, 0.15) is 11.6 Å². The second-order valence-corrected chi connectivity index (χ2v) is 8.80. The number of carbonyl (C=O) groups is 1. The van der Waals surface area contributed by atoms with Crippen LogP contribution in [0.2, 0.25) is 0 Å². The van der Waals surface area contributed by atoms with Crippen LogP contribution in [0.25, 0.3) is 0 Å². The smallest absolute Gasteiger partial charge is 0.251 e. The third-order valence-corrected chi connectivity index (χ3v) is 6.61. The molecular weight excluding hydrogens is 461 g/mol. The number of fused-ring (bicyclic) bond motifs is 1. The van der Waals surface area contributed by atoms with Gasteiger partial charge in [0.05, 0.1) is 12.6 Å². The van der Waals surface area contributed by atoms with Gasteiger partial charge in [-0.15, -0.1) is 0 Å².